The van der Waals surface area contributed by atoms with Crippen LogP contribution in [-0.2, 0) is 0 Å². The van der Waals surface area contributed by atoms with E-state index in [0.717, 1.165) is 30.8 Å². The van der Waals surface area contributed by atoms with Gasteiger partial charge in [0.25, 0.3) is 5.91 Å². The number of aromatic nitrogens is 1. The SMILES string of the molecule is Cc1[nH]ccc1C(=O)N1CCC(CN)C1. The standard InChI is InChI=1S/C11H17N3O/c1-8-10(2-4-13-8)11(15)14-5-3-9(6-12)7-14/h2,4,9,13H,3,5-7,12H2,1H3. The minimum Gasteiger partial charge on any atom is -0.365 e. The maximum Gasteiger partial charge on any atom is 0.255 e. The van der Waals surface area contributed by atoms with Gasteiger partial charge < -0.3 is 15.6 Å². The zero-order valence-electron chi connectivity index (χ0n) is 8.99. The summed E-state index contributed by atoms with van der Waals surface area (Å²) in [5.41, 5.74) is 7.33. The number of nitrogens with two attached hydrogens (primary N) is 1. The molecule has 1 aromatic rings. The summed E-state index contributed by atoms with van der Waals surface area (Å²) in [5, 5.41) is 0. The van der Waals surface area contributed by atoms with Crippen LogP contribution in [0.2, 0.25) is 0 Å². The summed E-state index contributed by atoms with van der Waals surface area (Å²) in [6.45, 7) is 4.24. The summed E-state index contributed by atoms with van der Waals surface area (Å²) in [6.07, 6.45) is 2.84. The number of hydrogen-bond acceptors (Lipinski definition) is 2. The number of hydrogen-bond donors (Lipinski definition) is 2. The van der Waals surface area contributed by atoms with Crippen LogP contribution in [0.1, 0.15) is 22.5 Å². The number of aryl methyl sites for hydroxylation is 1. The molecule has 0 bridgehead atoms. The third-order valence-electron chi connectivity index (χ3n) is 3.09. The molecule has 0 aliphatic carbocycles. The molecule has 1 aromatic heterocycles. The minimum absolute atomic E-state index is 0.129. The molecule has 0 spiro atoms. The fraction of sp³-hybridized carbons (Fsp3) is 0.545. The summed E-state index contributed by atoms with van der Waals surface area (Å²) in [6, 6.07) is 1.84. The van der Waals surface area contributed by atoms with Gasteiger partial charge in [0.2, 0.25) is 0 Å². The number of rotatable bonds is 2. The first-order valence-electron chi connectivity index (χ1n) is 5.35. The monoisotopic (exact) mass is 207 g/mol. The first-order valence-corrected chi connectivity index (χ1v) is 5.35. The van der Waals surface area contributed by atoms with Crippen LogP contribution in [0.15, 0.2) is 12.3 Å². The average molecular weight is 207 g/mol. The number of carbonyl (C=O) groups excluding carboxylic acids is 1. The van der Waals surface area contributed by atoms with Crippen LogP contribution in [-0.4, -0.2) is 35.4 Å². The molecule has 15 heavy (non-hydrogen) atoms. The van der Waals surface area contributed by atoms with Crippen molar-refractivity contribution in [2.75, 3.05) is 19.6 Å². The van der Waals surface area contributed by atoms with Gasteiger partial charge in [-0.05, 0) is 31.9 Å². The topological polar surface area (TPSA) is 62.1 Å². The van der Waals surface area contributed by atoms with Crippen molar-refractivity contribution in [3.05, 3.63) is 23.5 Å². The Morgan fingerprint density at radius 2 is 2.53 bits per heavy atom. The lowest BCUT2D eigenvalue weighted by Gasteiger charge is -2.15. The molecule has 0 radical (unpaired) electrons. The molecule has 2 heterocycles. The maximum absolute atomic E-state index is 12.1. The van der Waals surface area contributed by atoms with Gasteiger partial charge in [-0.1, -0.05) is 0 Å². The van der Waals surface area contributed by atoms with Crippen LogP contribution in [0.25, 0.3) is 0 Å². The molecule has 0 saturated carbocycles. The Hall–Kier alpha value is -1.29. The third-order valence-corrected chi connectivity index (χ3v) is 3.09. The van der Waals surface area contributed by atoms with E-state index in [9.17, 15) is 4.79 Å². The molecular formula is C11H17N3O. The lowest BCUT2D eigenvalue weighted by Crippen LogP contribution is -2.30. The van der Waals surface area contributed by atoms with Crippen molar-refractivity contribution in [3.8, 4) is 0 Å². The third kappa shape index (κ3) is 1.90. The van der Waals surface area contributed by atoms with E-state index >= 15 is 0 Å². The number of likely N-dealkylation sites (tertiary alicyclic amines) is 1. The summed E-state index contributed by atoms with van der Waals surface area (Å²) < 4.78 is 0. The van der Waals surface area contributed by atoms with E-state index in [-0.39, 0.29) is 5.91 Å². The highest BCUT2D eigenvalue weighted by Gasteiger charge is 2.26. The second-order valence-corrected chi connectivity index (χ2v) is 4.16. The molecule has 1 unspecified atom stereocenters. The van der Waals surface area contributed by atoms with Crippen LogP contribution in [0.4, 0.5) is 0 Å². The number of H-pyrrole nitrogens is 1. The van der Waals surface area contributed by atoms with Gasteiger partial charge in [-0.2, -0.15) is 0 Å². The molecule has 82 valence electrons. The van der Waals surface area contributed by atoms with Crippen LogP contribution in [0.3, 0.4) is 0 Å². The summed E-state index contributed by atoms with van der Waals surface area (Å²) in [4.78, 5) is 17.0. The fourth-order valence-corrected chi connectivity index (χ4v) is 2.06. The van der Waals surface area contributed by atoms with Gasteiger partial charge in [-0.25, -0.2) is 0 Å². The molecule has 1 amide bonds. The molecule has 1 saturated heterocycles. The Morgan fingerprint density at radius 1 is 1.73 bits per heavy atom. The van der Waals surface area contributed by atoms with E-state index < -0.39 is 0 Å². The molecule has 1 atom stereocenters. The van der Waals surface area contributed by atoms with Gasteiger partial charge in [0.15, 0.2) is 0 Å². The quantitative estimate of drug-likeness (QED) is 0.751. The number of aromatic amines is 1. The number of nitrogens with one attached hydrogen (secondary N) is 1. The molecule has 1 aliphatic rings. The Balaban J connectivity index is 2.07. The van der Waals surface area contributed by atoms with E-state index in [1.807, 2.05) is 17.9 Å². The van der Waals surface area contributed by atoms with Gasteiger partial charge in [0, 0.05) is 25.0 Å². The highest BCUT2D eigenvalue weighted by atomic mass is 16.2. The zero-order valence-corrected chi connectivity index (χ0v) is 8.99. The largest absolute Gasteiger partial charge is 0.365 e. The molecule has 1 aliphatic heterocycles. The minimum atomic E-state index is 0.129. The smallest absolute Gasteiger partial charge is 0.255 e. The molecule has 2 rings (SSSR count). The molecule has 4 nitrogen and oxygen atoms in total. The second-order valence-electron chi connectivity index (χ2n) is 4.16. The van der Waals surface area contributed by atoms with Gasteiger partial charge in [-0.15, -0.1) is 0 Å². The predicted octanol–water partition coefficient (Wildman–Crippen LogP) is 0.744. The van der Waals surface area contributed by atoms with Crippen LogP contribution in [0, 0.1) is 12.8 Å². The van der Waals surface area contributed by atoms with Crippen molar-refractivity contribution in [1.82, 2.24) is 9.88 Å². The maximum atomic E-state index is 12.1. The summed E-state index contributed by atoms with van der Waals surface area (Å²) in [5.74, 6) is 0.609. The molecular weight excluding hydrogens is 190 g/mol. The van der Waals surface area contributed by atoms with Crippen molar-refractivity contribution in [2.24, 2.45) is 11.7 Å². The van der Waals surface area contributed by atoms with Crippen LogP contribution < -0.4 is 5.73 Å². The lowest BCUT2D eigenvalue weighted by molar-refractivity contribution is 0.0787. The predicted molar refractivity (Wildman–Crippen MR) is 58.6 cm³/mol. The summed E-state index contributed by atoms with van der Waals surface area (Å²) in [7, 11) is 0. The Morgan fingerprint density at radius 3 is 3.07 bits per heavy atom. The van der Waals surface area contributed by atoms with Crippen molar-refractivity contribution in [3.63, 3.8) is 0 Å². The zero-order chi connectivity index (χ0) is 10.8. The van der Waals surface area contributed by atoms with Crippen molar-refractivity contribution in [2.45, 2.75) is 13.3 Å². The number of carbonyl (C=O) groups is 1. The highest BCUT2D eigenvalue weighted by molar-refractivity contribution is 5.95. The first kappa shape index (κ1) is 10.2. The summed E-state index contributed by atoms with van der Waals surface area (Å²) >= 11 is 0. The first-order chi connectivity index (χ1) is 7.22. The van der Waals surface area contributed by atoms with E-state index in [0.29, 0.717) is 12.5 Å². The fourth-order valence-electron chi connectivity index (χ4n) is 2.06. The van der Waals surface area contributed by atoms with Gasteiger partial charge in [-0.3, -0.25) is 4.79 Å². The Labute approximate surface area is 89.5 Å². The molecule has 1 fully saturated rings. The van der Waals surface area contributed by atoms with Gasteiger partial charge in [0.1, 0.15) is 0 Å². The lowest BCUT2D eigenvalue weighted by atomic mass is 10.1. The van der Waals surface area contributed by atoms with Gasteiger partial charge in [0.05, 0.1) is 5.56 Å². The molecule has 0 aromatic carbocycles. The van der Waals surface area contributed by atoms with Gasteiger partial charge >= 0.3 is 0 Å². The number of nitrogens with zero attached hydrogens (tertiary/aromatic N) is 1. The normalized spacial score (nSPS) is 20.9. The Bertz CT molecular complexity index is 358. The van der Waals surface area contributed by atoms with E-state index in [2.05, 4.69) is 4.98 Å². The van der Waals surface area contributed by atoms with Crippen molar-refractivity contribution < 1.29 is 4.79 Å². The molecule has 4 heteroatoms. The average Bonchev–Trinajstić information content (AvgIpc) is 2.84. The highest BCUT2D eigenvalue weighted by Crippen LogP contribution is 2.18. The Kier molecular flexibility index (Phi) is 2.77. The van der Waals surface area contributed by atoms with Crippen LogP contribution >= 0.6 is 0 Å². The number of amides is 1. The second kappa shape index (κ2) is 4.06. The van der Waals surface area contributed by atoms with Crippen molar-refractivity contribution >= 4 is 5.91 Å². The van der Waals surface area contributed by atoms with E-state index in [4.69, 9.17) is 5.73 Å². The van der Waals surface area contributed by atoms with Crippen molar-refractivity contribution in [1.29, 1.82) is 0 Å². The van der Waals surface area contributed by atoms with E-state index in [1.165, 1.54) is 0 Å². The van der Waals surface area contributed by atoms with E-state index in [1.54, 1.807) is 6.20 Å². The molecule has 3 N–H and O–H groups in total. The van der Waals surface area contributed by atoms with Crippen LogP contribution in [0.5, 0.6) is 0 Å².